The Morgan fingerprint density at radius 3 is 2.94 bits per heavy atom. The maximum atomic E-state index is 11.5. The molecule has 1 rings (SSSR count). The highest BCUT2D eigenvalue weighted by molar-refractivity contribution is 9.09. The van der Waals surface area contributed by atoms with Gasteiger partial charge in [0.25, 0.3) is 5.91 Å². The number of carbonyl (C=O) groups is 1. The van der Waals surface area contributed by atoms with Crippen molar-refractivity contribution in [1.29, 1.82) is 0 Å². The van der Waals surface area contributed by atoms with E-state index in [-0.39, 0.29) is 5.91 Å². The Labute approximate surface area is 103 Å². The van der Waals surface area contributed by atoms with Gasteiger partial charge in [0, 0.05) is 18.5 Å². The van der Waals surface area contributed by atoms with Gasteiger partial charge in [-0.1, -0.05) is 15.9 Å². The number of rotatable bonds is 7. The predicted molar refractivity (Wildman–Crippen MR) is 65.0 cm³/mol. The smallest absolute Gasteiger partial charge is 0.286 e. The van der Waals surface area contributed by atoms with Crippen LogP contribution in [0.25, 0.3) is 0 Å². The summed E-state index contributed by atoms with van der Waals surface area (Å²) >= 11 is 3.27. The van der Waals surface area contributed by atoms with E-state index in [2.05, 4.69) is 21.2 Å². The minimum absolute atomic E-state index is 0.173. The highest BCUT2D eigenvalue weighted by Gasteiger charge is 2.08. The van der Waals surface area contributed by atoms with E-state index in [1.165, 1.54) is 0 Å². The van der Waals surface area contributed by atoms with Crippen LogP contribution < -0.4 is 5.32 Å². The Hall–Kier alpha value is -0.810. The van der Waals surface area contributed by atoms with E-state index < -0.39 is 0 Å². The lowest BCUT2D eigenvalue weighted by molar-refractivity contribution is 0.0916. The summed E-state index contributed by atoms with van der Waals surface area (Å²) in [6.07, 6.45) is 0.804. The molecule has 1 N–H and O–H groups in total. The standard InChI is InChI=1S/C11H16BrNO3/c1-9-3-4-10(16-9)11(14)13-6-2-7-15-8-5-12/h3-4H,2,5-8H2,1H3,(H,13,14). The molecule has 0 unspecified atom stereocenters. The normalized spacial score (nSPS) is 10.4. The fraction of sp³-hybridized carbons (Fsp3) is 0.545. The molecular weight excluding hydrogens is 274 g/mol. The molecule has 1 aromatic rings. The minimum Gasteiger partial charge on any atom is -0.456 e. The molecule has 1 heterocycles. The number of ether oxygens (including phenoxy) is 1. The van der Waals surface area contributed by atoms with Crippen LogP contribution in [0.3, 0.4) is 0 Å². The van der Waals surface area contributed by atoms with Crippen molar-refractivity contribution in [2.45, 2.75) is 13.3 Å². The number of aryl methyl sites for hydroxylation is 1. The van der Waals surface area contributed by atoms with Gasteiger partial charge in [0.1, 0.15) is 5.76 Å². The molecule has 0 aliphatic carbocycles. The van der Waals surface area contributed by atoms with Gasteiger partial charge in [0.15, 0.2) is 5.76 Å². The third-order valence-corrected chi connectivity index (χ3v) is 2.26. The molecule has 0 saturated heterocycles. The molecule has 0 bridgehead atoms. The topological polar surface area (TPSA) is 51.5 Å². The van der Waals surface area contributed by atoms with Gasteiger partial charge in [-0.2, -0.15) is 0 Å². The zero-order valence-electron chi connectivity index (χ0n) is 9.29. The summed E-state index contributed by atoms with van der Waals surface area (Å²) in [6, 6.07) is 3.44. The number of alkyl halides is 1. The van der Waals surface area contributed by atoms with Crippen LogP contribution in [0.4, 0.5) is 0 Å². The van der Waals surface area contributed by atoms with Crippen LogP contribution in [0.15, 0.2) is 16.5 Å². The van der Waals surface area contributed by atoms with Crippen LogP contribution in [-0.2, 0) is 4.74 Å². The Morgan fingerprint density at radius 2 is 2.31 bits per heavy atom. The molecule has 0 saturated carbocycles. The third-order valence-electron chi connectivity index (χ3n) is 1.94. The maximum absolute atomic E-state index is 11.5. The molecule has 16 heavy (non-hydrogen) atoms. The second-order valence-corrected chi connectivity index (χ2v) is 4.11. The van der Waals surface area contributed by atoms with E-state index in [1.807, 2.05) is 6.92 Å². The van der Waals surface area contributed by atoms with E-state index in [1.54, 1.807) is 12.1 Å². The van der Waals surface area contributed by atoms with Gasteiger partial charge in [0.05, 0.1) is 6.61 Å². The quantitative estimate of drug-likeness (QED) is 0.618. The van der Waals surface area contributed by atoms with E-state index in [9.17, 15) is 4.79 Å². The van der Waals surface area contributed by atoms with Gasteiger partial charge in [-0.05, 0) is 25.5 Å². The monoisotopic (exact) mass is 289 g/mol. The Kier molecular flexibility index (Phi) is 6.18. The van der Waals surface area contributed by atoms with Crippen LogP contribution in [-0.4, -0.2) is 31.0 Å². The zero-order chi connectivity index (χ0) is 11.8. The third kappa shape index (κ3) is 4.81. The number of nitrogens with one attached hydrogen (secondary N) is 1. The number of hydrogen-bond acceptors (Lipinski definition) is 3. The van der Waals surface area contributed by atoms with Gasteiger partial charge in [-0.15, -0.1) is 0 Å². The van der Waals surface area contributed by atoms with Gasteiger partial charge in [0.2, 0.25) is 0 Å². The van der Waals surface area contributed by atoms with Crippen molar-refractivity contribution < 1.29 is 13.9 Å². The molecule has 90 valence electrons. The van der Waals surface area contributed by atoms with Crippen molar-refractivity contribution in [2.75, 3.05) is 25.1 Å². The molecule has 0 fully saturated rings. The summed E-state index contributed by atoms with van der Waals surface area (Å²) in [4.78, 5) is 11.5. The molecule has 1 amide bonds. The molecule has 0 aliphatic rings. The first-order valence-corrected chi connectivity index (χ1v) is 6.34. The molecule has 1 aromatic heterocycles. The molecule has 0 radical (unpaired) electrons. The number of halogens is 1. The molecule has 0 aromatic carbocycles. The van der Waals surface area contributed by atoms with Crippen molar-refractivity contribution in [3.8, 4) is 0 Å². The number of furan rings is 1. The fourth-order valence-corrected chi connectivity index (χ4v) is 1.41. The van der Waals surface area contributed by atoms with Crippen molar-refractivity contribution in [3.63, 3.8) is 0 Å². The lowest BCUT2D eigenvalue weighted by Gasteiger charge is -2.03. The zero-order valence-corrected chi connectivity index (χ0v) is 10.9. The van der Waals surface area contributed by atoms with Crippen LogP contribution in [0, 0.1) is 6.92 Å². The Balaban J connectivity index is 2.11. The van der Waals surface area contributed by atoms with Gasteiger partial charge < -0.3 is 14.5 Å². The van der Waals surface area contributed by atoms with Crippen molar-refractivity contribution in [1.82, 2.24) is 5.32 Å². The summed E-state index contributed by atoms with van der Waals surface area (Å²) in [5.41, 5.74) is 0. The lowest BCUT2D eigenvalue weighted by atomic mass is 10.4. The Morgan fingerprint density at radius 1 is 1.50 bits per heavy atom. The predicted octanol–water partition coefficient (Wildman–Crippen LogP) is 2.12. The lowest BCUT2D eigenvalue weighted by Crippen LogP contribution is -2.24. The first-order valence-electron chi connectivity index (χ1n) is 5.22. The SMILES string of the molecule is Cc1ccc(C(=O)NCCCOCCBr)o1. The highest BCUT2D eigenvalue weighted by Crippen LogP contribution is 2.05. The van der Waals surface area contributed by atoms with E-state index in [0.717, 1.165) is 17.5 Å². The molecule has 4 nitrogen and oxygen atoms in total. The first-order chi connectivity index (χ1) is 7.74. The summed E-state index contributed by atoms with van der Waals surface area (Å²) < 4.78 is 10.4. The largest absolute Gasteiger partial charge is 0.456 e. The van der Waals surface area contributed by atoms with Crippen LogP contribution in [0.1, 0.15) is 22.7 Å². The second kappa shape index (κ2) is 7.46. The Bertz CT molecular complexity index is 325. The summed E-state index contributed by atoms with van der Waals surface area (Å²) in [5.74, 6) is 0.929. The molecular formula is C11H16BrNO3. The molecule has 0 aliphatic heterocycles. The average molecular weight is 290 g/mol. The van der Waals surface area contributed by atoms with Crippen molar-refractivity contribution in [2.24, 2.45) is 0 Å². The minimum atomic E-state index is -0.173. The fourth-order valence-electron chi connectivity index (χ4n) is 1.18. The second-order valence-electron chi connectivity index (χ2n) is 3.32. The highest BCUT2D eigenvalue weighted by atomic mass is 79.9. The van der Waals surface area contributed by atoms with E-state index in [4.69, 9.17) is 9.15 Å². The number of hydrogen-bond donors (Lipinski definition) is 1. The van der Waals surface area contributed by atoms with Crippen molar-refractivity contribution >= 4 is 21.8 Å². The van der Waals surface area contributed by atoms with Crippen molar-refractivity contribution in [3.05, 3.63) is 23.7 Å². The van der Waals surface area contributed by atoms with Gasteiger partial charge >= 0.3 is 0 Å². The van der Waals surface area contributed by atoms with Gasteiger partial charge in [-0.25, -0.2) is 0 Å². The maximum Gasteiger partial charge on any atom is 0.286 e. The number of carbonyl (C=O) groups excluding carboxylic acids is 1. The van der Waals surface area contributed by atoms with Crippen LogP contribution >= 0.6 is 15.9 Å². The average Bonchev–Trinajstić information content (AvgIpc) is 2.70. The van der Waals surface area contributed by atoms with E-state index >= 15 is 0 Å². The first kappa shape index (κ1) is 13.3. The summed E-state index contributed by atoms with van der Waals surface area (Å²) in [7, 11) is 0. The molecule has 5 heteroatoms. The number of amides is 1. The van der Waals surface area contributed by atoms with E-state index in [0.29, 0.717) is 25.5 Å². The summed E-state index contributed by atoms with van der Waals surface area (Å²) in [5, 5.41) is 3.60. The van der Waals surface area contributed by atoms with Gasteiger partial charge in [-0.3, -0.25) is 4.79 Å². The van der Waals surface area contributed by atoms with Crippen LogP contribution in [0.5, 0.6) is 0 Å². The molecule has 0 spiro atoms. The van der Waals surface area contributed by atoms with Crippen LogP contribution in [0.2, 0.25) is 0 Å². The molecule has 0 atom stereocenters. The summed E-state index contributed by atoms with van der Waals surface area (Å²) in [6.45, 7) is 3.76.